The molecule has 2 aromatic heterocycles. The summed E-state index contributed by atoms with van der Waals surface area (Å²) in [7, 11) is 0. The van der Waals surface area contributed by atoms with E-state index in [9.17, 15) is 4.79 Å². The number of pyridine rings is 1. The normalized spacial score (nSPS) is 11.0. The summed E-state index contributed by atoms with van der Waals surface area (Å²) in [5, 5.41) is 0. The highest BCUT2D eigenvalue weighted by atomic mass is 79.9. The maximum Gasteiger partial charge on any atom is 0.261 e. The number of aryl methyl sites for hydroxylation is 2. The van der Waals surface area contributed by atoms with Gasteiger partial charge in [0.25, 0.3) is 5.56 Å². The molecule has 0 bridgehead atoms. The molecular formula is C12H13BrN2O. The lowest BCUT2D eigenvalue weighted by atomic mass is 10.2. The van der Waals surface area contributed by atoms with Gasteiger partial charge in [-0.1, -0.05) is 6.92 Å². The first-order valence-corrected chi connectivity index (χ1v) is 6.02. The minimum Gasteiger partial charge on any atom is -0.269 e. The average Bonchev–Trinajstić information content (AvgIpc) is 2.26. The van der Waals surface area contributed by atoms with Gasteiger partial charge in [0.2, 0.25) is 0 Å². The van der Waals surface area contributed by atoms with Gasteiger partial charge in [-0.25, -0.2) is 4.98 Å². The van der Waals surface area contributed by atoms with Crippen molar-refractivity contribution in [2.75, 3.05) is 0 Å². The summed E-state index contributed by atoms with van der Waals surface area (Å²) in [5.74, 6) is 0. The lowest BCUT2D eigenvalue weighted by molar-refractivity contribution is 0.954. The molecule has 2 heterocycles. The zero-order chi connectivity index (χ0) is 11.9. The fourth-order valence-corrected chi connectivity index (χ4v) is 2.21. The summed E-state index contributed by atoms with van der Waals surface area (Å²) >= 11 is 3.41. The number of fused-ring (bicyclic) bond motifs is 1. The van der Waals surface area contributed by atoms with Crippen molar-refractivity contribution >= 4 is 21.6 Å². The predicted molar refractivity (Wildman–Crippen MR) is 68.0 cm³/mol. The third-order valence-electron chi connectivity index (χ3n) is 2.82. The highest BCUT2D eigenvalue weighted by Gasteiger charge is 2.09. The molecule has 0 spiro atoms. The van der Waals surface area contributed by atoms with E-state index in [0.717, 1.165) is 27.8 Å². The number of halogens is 1. The van der Waals surface area contributed by atoms with Gasteiger partial charge < -0.3 is 0 Å². The van der Waals surface area contributed by atoms with Crippen LogP contribution in [0.25, 0.3) is 5.65 Å². The van der Waals surface area contributed by atoms with Crippen molar-refractivity contribution in [2.45, 2.75) is 27.2 Å². The van der Waals surface area contributed by atoms with Crippen molar-refractivity contribution in [3.8, 4) is 0 Å². The molecule has 0 atom stereocenters. The van der Waals surface area contributed by atoms with Crippen LogP contribution in [-0.2, 0) is 6.42 Å². The van der Waals surface area contributed by atoms with E-state index in [1.165, 1.54) is 0 Å². The molecule has 0 N–H and O–H groups in total. The molecule has 2 rings (SSSR count). The molecule has 0 aliphatic carbocycles. The predicted octanol–water partition coefficient (Wildman–Crippen LogP) is 2.64. The zero-order valence-electron chi connectivity index (χ0n) is 9.54. The molecule has 4 heteroatoms. The van der Waals surface area contributed by atoms with Crippen LogP contribution in [-0.4, -0.2) is 9.38 Å². The minimum atomic E-state index is 0.0125. The van der Waals surface area contributed by atoms with E-state index in [2.05, 4.69) is 27.8 Å². The summed E-state index contributed by atoms with van der Waals surface area (Å²) in [6.45, 7) is 5.74. The van der Waals surface area contributed by atoms with Crippen LogP contribution in [0.3, 0.4) is 0 Å². The Morgan fingerprint density at radius 1 is 1.44 bits per heavy atom. The molecule has 3 nitrogen and oxygen atoms in total. The number of nitrogens with zero attached hydrogens (tertiary/aromatic N) is 2. The SMILES string of the molecule is CCc1cc(Br)cn2c(=O)c(C)c(C)nc12. The second kappa shape index (κ2) is 4.01. The summed E-state index contributed by atoms with van der Waals surface area (Å²) < 4.78 is 2.52. The van der Waals surface area contributed by atoms with Crippen molar-refractivity contribution < 1.29 is 0 Å². The number of hydrogen-bond donors (Lipinski definition) is 0. The van der Waals surface area contributed by atoms with Crippen molar-refractivity contribution in [1.82, 2.24) is 9.38 Å². The average molecular weight is 281 g/mol. The van der Waals surface area contributed by atoms with Crippen molar-refractivity contribution in [3.05, 3.63) is 43.9 Å². The minimum absolute atomic E-state index is 0.0125. The first-order chi connectivity index (χ1) is 7.54. The molecule has 0 saturated carbocycles. The maximum absolute atomic E-state index is 12.1. The Kier molecular flexibility index (Phi) is 2.84. The molecule has 2 aromatic rings. The lowest BCUT2D eigenvalue weighted by Gasteiger charge is -2.09. The van der Waals surface area contributed by atoms with E-state index < -0.39 is 0 Å². The molecular weight excluding hydrogens is 268 g/mol. The second-order valence-electron chi connectivity index (χ2n) is 3.86. The Morgan fingerprint density at radius 3 is 2.75 bits per heavy atom. The van der Waals surface area contributed by atoms with Crippen molar-refractivity contribution in [2.24, 2.45) is 0 Å². The largest absolute Gasteiger partial charge is 0.269 e. The molecule has 0 unspecified atom stereocenters. The van der Waals surface area contributed by atoms with E-state index >= 15 is 0 Å². The van der Waals surface area contributed by atoms with Crippen LogP contribution in [0.5, 0.6) is 0 Å². The summed E-state index contributed by atoms with van der Waals surface area (Å²) in [6, 6.07) is 2.01. The molecule has 0 aliphatic heterocycles. The third-order valence-corrected chi connectivity index (χ3v) is 3.25. The molecule has 0 amide bonds. The Balaban J connectivity index is 3.01. The highest BCUT2D eigenvalue weighted by molar-refractivity contribution is 9.10. The van der Waals surface area contributed by atoms with Gasteiger partial charge >= 0.3 is 0 Å². The van der Waals surface area contributed by atoms with Crippen LogP contribution in [0.1, 0.15) is 23.7 Å². The zero-order valence-corrected chi connectivity index (χ0v) is 11.1. The quantitative estimate of drug-likeness (QED) is 0.805. The summed E-state index contributed by atoms with van der Waals surface area (Å²) in [5.41, 5.74) is 3.37. The second-order valence-corrected chi connectivity index (χ2v) is 4.77. The molecule has 84 valence electrons. The number of hydrogen-bond acceptors (Lipinski definition) is 2. The fourth-order valence-electron chi connectivity index (χ4n) is 1.73. The molecule has 0 aliphatic rings. The smallest absolute Gasteiger partial charge is 0.261 e. The lowest BCUT2D eigenvalue weighted by Crippen LogP contribution is -2.20. The van der Waals surface area contributed by atoms with Gasteiger partial charge in [0.05, 0.1) is 0 Å². The van der Waals surface area contributed by atoms with Crippen LogP contribution >= 0.6 is 15.9 Å². The molecule has 0 radical (unpaired) electrons. The van der Waals surface area contributed by atoms with Crippen molar-refractivity contribution in [1.29, 1.82) is 0 Å². The Labute approximate surface area is 102 Å². The van der Waals surface area contributed by atoms with Gasteiger partial charge in [-0.05, 0) is 47.8 Å². The summed E-state index contributed by atoms with van der Waals surface area (Å²) in [6.07, 6.45) is 2.63. The van der Waals surface area contributed by atoms with Gasteiger partial charge in [0.15, 0.2) is 0 Å². The van der Waals surface area contributed by atoms with Crippen molar-refractivity contribution in [3.63, 3.8) is 0 Å². The molecule has 0 aromatic carbocycles. The third kappa shape index (κ3) is 1.67. The van der Waals surface area contributed by atoms with E-state index in [4.69, 9.17) is 0 Å². The number of rotatable bonds is 1. The number of aromatic nitrogens is 2. The molecule has 16 heavy (non-hydrogen) atoms. The first-order valence-electron chi connectivity index (χ1n) is 5.22. The Bertz CT molecular complexity index is 616. The Morgan fingerprint density at radius 2 is 2.12 bits per heavy atom. The van der Waals surface area contributed by atoms with E-state index in [-0.39, 0.29) is 5.56 Å². The van der Waals surface area contributed by atoms with Gasteiger partial charge in [-0.15, -0.1) is 0 Å². The topological polar surface area (TPSA) is 34.4 Å². The molecule has 0 fully saturated rings. The van der Waals surface area contributed by atoms with Gasteiger partial charge in [0.1, 0.15) is 5.65 Å². The maximum atomic E-state index is 12.1. The highest BCUT2D eigenvalue weighted by Crippen LogP contribution is 2.16. The standard InChI is InChI=1S/C12H13BrN2O/c1-4-9-5-10(13)6-15-11(9)14-8(3)7(2)12(15)16/h5-6H,4H2,1-3H3. The van der Waals surface area contributed by atoms with E-state index in [1.54, 1.807) is 10.6 Å². The van der Waals surface area contributed by atoms with E-state index in [0.29, 0.717) is 5.56 Å². The van der Waals surface area contributed by atoms with Gasteiger partial charge in [0, 0.05) is 21.9 Å². The van der Waals surface area contributed by atoms with Crippen LogP contribution < -0.4 is 5.56 Å². The van der Waals surface area contributed by atoms with Crippen LogP contribution in [0.15, 0.2) is 21.5 Å². The fraction of sp³-hybridized carbons (Fsp3) is 0.333. The van der Waals surface area contributed by atoms with E-state index in [1.807, 2.05) is 19.9 Å². The van der Waals surface area contributed by atoms with Crippen LogP contribution in [0.2, 0.25) is 0 Å². The first kappa shape index (κ1) is 11.3. The van der Waals surface area contributed by atoms with Crippen LogP contribution in [0.4, 0.5) is 0 Å². The van der Waals surface area contributed by atoms with Crippen LogP contribution in [0, 0.1) is 13.8 Å². The Hall–Kier alpha value is -1.16. The van der Waals surface area contributed by atoms with Gasteiger partial charge in [-0.2, -0.15) is 0 Å². The summed E-state index contributed by atoms with van der Waals surface area (Å²) in [4.78, 5) is 16.6. The monoisotopic (exact) mass is 280 g/mol. The molecule has 0 saturated heterocycles. The van der Waals surface area contributed by atoms with Gasteiger partial charge in [-0.3, -0.25) is 9.20 Å².